The number of hydrogen-bond donors (Lipinski definition) is 1. The van der Waals surface area contributed by atoms with E-state index >= 15 is 0 Å². The average molecular weight is 188 g/mol. The first kappa shape index (κ1) is 8.09. The maximum atomic E-state index is 8.74. The summed E-state index contributed by atoms with van der Waals surface area (Å²) in [5, 5.41) is 9.84. The molecule has 2 N–H and O–H groups in total. The molecule has 0 radical (unpaired) electrons. The molecule has 2 rings (SSSR count). The Labute approximate surface area is 80.2 Å². The van der Waals surface area contributed by atoms with Gasteiger partial charge in [0.25, 0.3) is 0 Å². The molecule has 0 aliphatic rings. The van der Waals surface area contributed by atoms with E-state index in [9.17, 15) is 0 Å². The largest absolute Gasteiger partial charge is 0.398 e. The van der Waals surface area contributed by atoms with Crippen molar-refractivity contribution in [3.05, 3.63) is 28.6 Å². The molecule has 2 aromatic rings. The number of benzene rings is 1. The SMILES string of the molecule is Cc1ccc(N)c2sc(C#N)cc12. The van der Waals surface area contributed by atoms with Gasteiger partial charge in [0.15, 0.2) is 0 Å². The predicted molar refractivity (Wildman–Crippen MR) is 55.7 cm³/mol. The summed E-state index contributed by atoms with van der Waals surface area (Å²) in [5.41, 5.74) is 7.72. The summed E-state index contributed by atoms with van der Waals surface area (Å²) in [6.07, 6.45) is 0. The monoisotopic (exact) mass is 188 g/mol. The molecular formula is C10H8N2S. The van der Waals surface area contributed by atoms with E-state index in [1.807, 2.05) is 25.1 Å². The van der Waals surface area contributed by atoms with Gasteiger partial charge in [-0.1, -0.05) is 6.07 Å². The lowest BCUT2D eigenvalue weighted by atomic mass is 10.1. The first-order chi connectivity index (χ1) is 6.22. The summed E-state index contributed by atoms with van der Waals surface area (Å²) >= 11 is 1.45. The van der Waals surface area contributed by atoms with Gasteiger partial charge < -0.3 is 5.73 Å². The molecule has 0 spiro atoms. The van der Waals surface area contributed by atoms with Crippen LogP contribution in [0, 0.1) is 18.3 Å². The molecule has 0 saturated heterocycles. The third-order valence-corrected chi connectivity index (χ3v) is 3.13. The Morgan fingerprint density at radius 1 is 1.46 bits per heavy atom. The van der Waals surface area contributed by atoms with Crippen molar-refractivity contribution in [2.45, 2.75) is 6.92 Å². The number of nitrogen functional groups attached to an aromatic ring is 1. The van der Waals surface area contributed by atoms with Gasteiger partial charge in [-0.15, -0.1) is 11.3 Å². The highest BCUT2D eigenvalue weighted by Crippen LogP contribution is 2.32. The van der Waals surface area contributed by atoms with E-state index in [-0.39, 0.29) is 0 Å². The molecule has 0 aliphatic carbocycles. The number of rotatable bonds is 0. The van der Waals surface area contributed by atoms with E-state index in [2.05, 4.69) is 6.07 Å². The fourth-order valence-electron chi connectivity index (χ4n) is 1.33. The van der Waals surface area contributed by atoms with Crippen LogP contribution in [0.3, 0.4) is 0 Å². The van der Waals surface area contributed by atoms with E-state index in [1.165, 1.54) is 16.9 Å². The molecule has 13 heavy (non-hydrogen) atoms. The van der Waals surface area contributed by atoms with E-state index < -0.39 is 0 Å². The maximum absolute atomic E-state index is 8.74. The minimum Gasteiger partial charge on any atom is -0.398 e. The third-order valence-electron chi connectivity index (χ3n) is 2.04. The lowest BCUT2D eigenvalue weighted by Gasteiger charge is -1.97. The summed E-state index contributed by atoms with van der Waals surface area (Å²) in [6, 6.07) is 7.89. The topological polar surface area (TPSA) is 49.8 Å². The second-order valence-corrected chi connectivity index (χ2v) is 3.99. The van der Waals surface area contributed by atoms with Crippen LogP contribution in [0.15, 0.2) is 18.2 Å². The Morgan fingerprint density at radius 3 is 2.85 bits per heavy atom. The number of nitrogens with two attached hydrogens (primary N) is 1. The Bertz CT molecular complexity index is 466. The number of anilines is 1. The second kappa shape index (κ2) is 2.75. The number of aryl methyl sites for hydroxylation is 1. The summed E-state index contributed by atoms with van der Waals surface area (Å²) < 4.78 is 1.02. The van der Waals surface area contributed by atoms with Gasteiger partial charge in [0.2, 0.25) is 0 Å². The number of hydrogen-bond acceptors (Lipinski definition) is 3. The van der Waals surface area contributed by atoms with Gasteiger partial charge in [0, 0.05) is 5.69 Å². The molecule has 64 valence electrons. The molecule has 0 aliphatic heterocycles. The van der Waals surface area contributed by atoms with Crippen LogP contribution in [-0.2, 0) is 0 Å². The van der Waals surface area contributed by atoms with Crippen molar-refractivity contribution in [2.75, 3.05) is 5.73 Å². The van der Waals surface area contributed by atoms with Crippen molar-refractivity contribution in [1.82, 2.24) is 0 Å². The Hall–Kier alpha value is -1.53. The first-order valence-corrected chi connectivity index (χ1v) is 4.73. The smallest absolute Gasteiger partial charge is 0.110 e. The first-order valence-electron chi connectivity index (χ1n) is 3.91. The van der Waals surface area contributed by atoms with Crippen LogP contribution in [0.25, 0.3) is 10.1 Å². The highest BCUT2D eigenvalue weighted by Gasteiger charge is 2.05. The average Bonchev–Trinajstić information content (AvgIpc) is 2.56. The molecule has 0 atom stereocenters. The Balaban J connectivity index is 2.90. The van der Waals surface area contributed by atoms with Crippen molar-refractivity contribution >= 4 is 27.1 Å². The van der Waals surface area contributed by atoms with E-state index in [0.717, 1.165) is 20.7 Å². The minimum atomic E-state index is 0.719. The quantitative estimate of drug-likeness (QED) is 0.646. The third kappa shape index (κ3) is 1.16. The van der Waals surface area contributed by atoms with Gasteiger partial charge in [0.05, 0.1) is 4.70 Å². The molecule has 3 heteroatoms. The summed E-state index contributed by atoms with van der Waals surface area (Å²) in [4.78, 5) is 0.719. The van der Waals surface area contributed by atoms with Crippen molar-refractivity contribution < 1.29 is 0 Å². The van der Waals surface area contributed by atoms with Crippen molar-refractivity contribution in [3.8, 4) is 6.07 Å². The van der Waals surface area contributed by atoms with Crippen LogP contribution in [0.4, 0.5) is 5.69 Å². The molecule has 0 unspecified atom stereocenters. The lowest BCUT2D eigenvalue weighted by molar-refractivity contribution is 1.52. The zero-order valence-electron chi connectivity index (χ0n) is 7.16. The number of fused-ring (bicyclic) bond motifs is 1. The lowest BCUT2D eigenvalue weighted by Crippen LogP contribution is -1.84. The number of nitrogens with zero attached hydrogens (tertiary/aromatic N) is 1. The van der Waals surface area contributed by atoms with Crippen LogP contribution in [0.1, 0.15) is 10.4 Å². The van der Waals surface area contributed by atoms with Gasteiger partial charge >= 0.3 is 0 Å². The van der Waals surface area contributed by atoms with Crippen LogP contribution in [0.2, 0.25) is 0 Å². The van der Waals surface area contributed by atoms with Gasteiger partial charge in [-0.3, -0.25) is 0 Å². The van der Waals surface area contributed by atoms with Gasteiger partial charge in [0.1, 0.15) is 10.9 Å². The normalized spacial score (nSPS) is 10.2. The summed E-state index contributed by atoms with van der Waals surface area (Å²) in [7, 11) is 0. The minimum absolute atomic E-state index is 0.719. The van der Waals surface area contributed by atoms with E-state index in [0.29, 0.717) is 0 Å². The number of nitriles is 1. The predicted octanol–water partition coefficient (Wildman–Crippen LogP) is 2.66. The molecule has 2 nitrogen and oxygen atoms in total. The molecule has 0 amide bonds. The fourth-order valence-corrected chi connectivity index (χ4v) is 2.29. The van der Waals surface area contributed by atoms with E-state index in [4.69, 9.17) is 11.0 Å². The second-order valence-electron chi connectivity index (χ2n) is 2.94. The number of thiophene rings is 1. The summed E-state index contributed by atoms with van der Waals surface area (Å²) in [6.45, 7) is 2.02. The Kier molecular flexibility index (Phi) is 1.71. The Morgan fingerprint density at radius 2 is 2.23 bits per heavy atom. The molecule has 0 bridgehead atoms. The van der Waals surface area contributed by atoms with Crippen LogP contribution in [0.5, 0.6) is 0 Å². The molecule has 1 heterocycles. The van der Waals surface area contributed by atoms with Crippen LogP contribution < -0.4 is 5.73 Å². The van der Waals surface area contributed by atoms with Crippen LogP contribution >= 0.6 is 11.3 Å². The van der Waals surface area contributed by atoms with Crippen molar-refractivity contribution in [2.24, 2.45) is 0 Å². The van der Waals surface area contributed by atoms with Crippen molar-refractivity contribution in [3.63, 3.8) is 0 Å². The zero-order valence-corrected chi connectivity index (χ0v) is 7.98. The molecule has 1 aromatic heterocycles. The summed E-state index contributed by atoms with van der Waals surface area (Å²) in [5.74, 6) is 0. The fraction of sp³-hybridized carbons (Fsp3) is 0.100. The van der Waals surface area contributed by atoms with E-state index in [1.54, 1.807) is 0 Å². The zero-order chi connectivity index (χ0) is 9.42. The molecule has 0 saturated carbocycles. The van der Waals surface area contributed by atoms with Crippen molar-refractivity contribution in [1.29, 1.82) is 5.26 Å². The molecule has 1 aromatic carbocycles. The van der Waals surface area contributed by atoms with Gasteiger partial charge in [-0.25, -0.2) is 0 Å². The van der Waals surface area contributed by atoms with Gasteiger partial charge in [-0.2, -0.15) is 5.26 Å². The highest BCUT2D eigenvalue weighted by atomic mass is 32.1. The maximum Gasteiger partial charge on any atom is 0.110 e. The standard InChI is InChI=1S/C10H8N2S/c1-6-2-3-9(12)10-8(6)4-7(5-11)13-10/h2-4H,12H2,1H3. The van der Waals surface area contributed by atoms with Crippen LogP contribution in [-0.4, -0.2) is 0 Å². The highest BCUT2D eigenvalue weighted by molar-refractivity contribution is 7.20. The molecular weight excluding hydrogens is 180 g/mol. The van der Waals surface area contributed by atoms with Gasteiger partial charge in [-0.05, 0) is 30.0 Å². The molecule has 0 fully saturated rings.